The Morgan fingerprint density at radius 2 is 1.76 bits per heavy atom. The largest absolute Gasteiger partial charge is 0.488 e. The van der Waals surface area contributed by atoms with Crippen LogP contribution in [0.25, 0.3) is 0 Å². The van der Waals surface area contributed by atoms with Crippen LogP contribution in [0.3, 0.4) is 0 Å². The van der Waals surface area contributed by atoms with E-state index in [0.29, 0.717) is 5.75 Å². The summed E-state index contributed by atoms with van der Waals surface area (Å²) in [7, 11) is 1.55. The van der Waals surface area contributed by atoms with Crippen LogP contribution < -0.4 is 10.1 Å². The molecule has 0 spiro atoms. The highest BCUT2D eigenvalue weighted by molar-refractivity contribution is 9.11. The van der Waals surface area contributed by atoms with Crippen molar-refractivity contribution < 1.29 is 14.6 Å². The lowest BCUT2D eigenvalue weighted by Gasteiger charge is -2.21. The van der Waals surface area contributed by atoms with E-state index in [2.05, 4.69) is 57.9 Å². The van der Waals surface area contributed by atoms with Gasteiger partial charge in [0.1, 0.15) is 18.5 Å². The van der Waals surface area contributed by atoms with Crippen molar-refractivity contribution in [3.05, 3.63) is 26.6 Å². The molecule has 0 radical (unpaired) electrons. The van der Waals surface area contributed by atoms with Gasteiger partial charge in [-0.2, -0.15) is 0 Å². The number of nitrogens with one attached hydrogen (secondary N) is 1. The number of aliphatic hydroxyl groups excluding tert-OH is 1. The summed E-state index contributed by atoms with van der Waals surface area (Å²) in [6.45, 7) is 7.60. The van der Waals surface area contributed by atoms with Gasteiger partial charge in [-0.1, -0.05) is 0 Å². The number of ether oxygens (including phenoxy) is 2. The molecule has 1 rings (SSSR count). The maximum atomic E-state index is 9.63. The molecule has 0 amide bonds. The van der Waals surface area contributed by atoms with Crippen molar-refractivity contribution in [2.45, 2.75) is 39.0 Å². The molecule has 21 heavy (non-hydrogen) atoms. The Balaban J connectivity index is 2.71. The molecule has 0 saturated carbocycles. The Labute approximate surface area is 143 Å². The monoisotopic (exact) mass is 423 g/mol. The lowest BCUT2D eigenvalue weighted by molar-refractivity contribution is 0.0322. The molecule has 0 fully saturated rings. The predicted octanol–water partition coefficient (Wildman–Crippen LogP) is 3.49. The average Bonchev–Trinajstić information content (AvgIpc) is 2.35. The second-order valence-electron chi connectivity index (χ2n) is 5.91. The molecule has 6 heteroatoms. The molecule has 0 heterocycles. The van der Waals surface area contributed by atoms with Crippen LogP contribution in [-0.4, -0.2) is 37.1 Å². The van der Waals surface area contributed by atoms with E-state index in [-0.39, 0.29) is 18.8 Å². The molecule has 0 aromatic heterocycles. The van der Waals surface area contributed by atoms with Crippen molar-refractivity contribution in [1.29, 1.82) is 0 Å². The maximum absolute atomic E-state index is 9.63. The highest BCUT2D eigenvalue weighted by Gasteiger charge is 2.13. The number of methoxy groups -OCH3 is 1. The van der Waals surface area contributed by atoms with Crippen LogP contribution in [0.1, 0.15) is 26.3 Å². The summed E-state index contributed by atoms with van der Waals surface area (Å²) >= 11 is 7.02. The quantitative estimate of drug-likeness (QED) is 0.703. The van der Waals surface area contributed by atoms with Crippen molar-refractivity contribution in [3.8, 4) is 5.75 Å². The van der Waals surface area contributed by atoms with Crippen molar-refractivity contribution in [2.24, 2.45) is 0 Å². The summed E-state index contributed by atoms with van der Waals surface area (Å²) in [4.78, 5) is 0. The molecule has 0 aliphatic heterocycles. The first-order chi connectivity index (χ1) is 9.73. The summed E-state index contributed by atoms with van der Waals surface area (Å²) in [5, 5.41) is 13.1. The van der Waals surface area contributed by atoms with Crippen LogP contribution in [0.15, 0.2) is 21.1 Å². The number of rotatable bonds is 7. The number of benzene rings is 1. The van der Waals surface area contributed by atoms with Gasteiger partial charge in [0, 0.05) is 19.2 Å². The fourth-order valence-corrected chi connectivity index (χ4v) is 3.15. The zero-order chi connectivity index (χ0) is 16.0. The zero-order valence-corrected chi connectivity index (χ0v) is 16.0. The van der Waals surface area contributed by atoms with Crippen molar-refractivity contribution in [1.82, 2.24) is 5.32 Å². The van der Waals surface area contributed by atoms with E-state index in [1.54, 1.807) is 7.11 Å². The Hall–Kier alpha value is -0.140. The van der Waals surface area contributed by atoms with Crippen LogP contribution >= 0.6 is 31.9 Å². The molecule has 1 aromatic rings. The van der Waals surface area contributed by atoms with Gasteiger partial charge in [0.15, 0.2) is 0 Å². The van der Waals surface area contributed by atoms with E-state index in [0.717, 1.165) is 21.1 Å². The predicted molar refractivity (Wildman–Crippen MR) is 91.8 cm³/mol. The Kier molecular flexibility index (Phi) is 7.64. The summed E-state index contributed by atoms with van der Waals surface area (Å²) < 4.78 is 12.2. The number of hydrogen-bond donors (Lipinski definition) is 2. The number of hydrogen-bond acceptors (Lipinski definition) is 4. The van der Waals surface area contributed by atoms with Crippen LogP contribution in [0, 0.1) is 0 Å². The molecule has 0 bridgehead atoms. The molecule has 0 aliphatic rings. The zero-order valence-electron chi connectivity index (χ0n) is 12.9. The minimum atomic E-state index is -0.643. The first-order valence-corrected chi connectivity index (χ1v) is 8.34. The number of aliphatic hydroxyl groups is 1. The highest BCUT2D eigenvalue weighted by Crippen LogP contribution is 2.35. The van der Waals surface area contributed by atoms with Gasteiger partial charge in [0.25, 0.3) is 0 Å². The van der Waals surface area contributed by atoms with E-state index < -0.39 is 6.10 Å². The van der Waals surface area contributed by atoms with Gasteiger partial charge >= 0.3 is 0 Å². The van der Waals surface area contributed by atoms with Gasteiger partial charge in [-0.25, -0.2) is 0 Å². The maximum Gasteiger partial charge on any atom is 0.147 e. The van der Waals surface area contributed by atoms with E-state index in [1.165, 1.54) is 0 Å². The van der Waals surface area contributed by atoms with Crippen molar-refractivity contribution in [2.75, 3.05) is 20.3 Å². The minimum absolute atomic E-state index is 0.0678. The summed E-state index contributed by atoms with van der Waals surface area (Å²) in [6, 6.07) is 4.03. The SMILES string of the molecule is COCC(O)COc1c(Br)cc(CNC(C)(C)C)cc1Br. The lowest BCUT2D eigenvalue weighted by Crippen LogP contribution is -2.35. The van der Waals surface area contributed by atoms with Gasteiger partial charge in [0.05, 0.1) is 15.6 Å². The normalized spacial score (nSPS) is 13.3. The van der Waals surface area contributed by atoms with Crippen LogP contribution in [-0.2, 0) is 11.3 Å². The molecule has 0 aliphatic carbocycles. The van der Waals surface area contributed by atoms with Crippen LogP contribution in [0.2, 0.25) is 0 Å². The topological polar surface area (TPSA) is 50.7 Å². The summed E-state index contributed by atoms with van der Waals surface area (Å²) in [5.41, 5.74) is 1.21. The molecule has 1 atom stereocenters. The second-order valence-corrected chi connectivity index (χ2v) is 7.62. The molecule has 2 N–H and O–H groups in total. The van der Waals surface area contributed by atoms with Gasteiger partial charge in [-0.05, 0) is 70.3 Å². The Bertz CT molecular complexity index is 438. The first kappa shape index (κ1) is 18.9. The first-order valence-electron chi connectivity index (χ1n) is 6.75. The molecule has 0 saturated heterocycles. The third-order valence-electron chi connectivity index (χ3n) is 2.66. The molecule has 4 nitrogen and oxygen atoms in total. The average molecular weight is 425 g/mol. The van der Waals surface area contributed by atoms with Crippen molar-refractivity contribution >= 4 is 31.9 Å². The molecule has 1 aromatic carbocycles. The van der Waals surface area contributed by atoms with Gasteiger partial charge in [-0.3, -0.25) is 0 Å². The van der Waals surface area contributed by atoms with Gasteiger partial charge in [-0.15, -0.1) is 0 Å². The van der Waals surface area contributed by atoms with Crippen LogP contribution in [0.5, 0.6) is 5.75 Å². The number of halogens is 2. The minimum Gasteiger partial charge on any atom is -0.488 e. The molecule has 1 unspecified atom stereocenters. The van der Waals surface area contributed by atoms with Gasteiger partial charge < -0.3 is 19.9 Å². The fraction of sp³-hybridized carbons (Fsp3) is 0.600. The van der Waals surface area contributed by atoms with E-state index in [9.17, 15) is 5.11 Å². The molecule has 120 valence electrons. The standard InChI is InChI=1S/C15H23Br2NO3/c1-15(2,3)18-7-10-5-12(16)14(13(17)6-10)21-9-11(19)8-20-4/h5-6,11,18-19H,7-9H2,1-4H3. The fourth-order valence-electron chi connectivity index (χ4n) is 1.64. The Morgan fingerprint density at radius 3 is 2.24 bits per heavy atom. The van der Waals surface area contributed by atoms with Gasteiger partial charge in [0.2, 0.25) is 0 Å². The second kappa shape index (κ2) is 8.48. The third-order valence-corrected chi connectivity index (χ3v) is 3.84. The van der Waals surface area contributed by atoms with E-state index >= 15 is 0 Å². The Morgan fingerprint density at radius 1 is 1.19 bits per heavy atom. The summed E-state index contributed by atoms with van der Waals surface area (Å²) in [6.07, 6.45) is -0.643. The van der Waals surface area contributed by atoms with Crippen LogP contribution in [0.4, 0.5) is 0 Å². The van der Waals surface area contributed by atoms with E-state index in [1.807, 2.05) is 12.1 Å². The third kappa shape index (κ3) is 7.10. The highest BCUT2D eigenvalue weighted by atomic mass is 79.9. The lowest BCUT2D eigenvalue weighted by atomic mass is 10.1. The summed E-state index contributed by atoms with van der Waals surface area (Å²) in [5.74, 6) is 0.685. The van der Waals surface area contributed by atoms with E-state index in [4.69, 9.17) is 9.47 Å². The smallest absolute Gasteiger partial charge is 0.147 e. The molecular formula is C15H23Br2NO3. The van der Waals surface area contributed by atoms with Crippen molar-refractivity contribution in [3.63, 3.8) is 0 Å². The molecular weight excluding hydrogens is 402 g/mol.